The molecule has 6 heteroatoms. The van der Waals surface area contributed by atoms with E-state index in [0.29, 0.717) is 10.2 Å². The van der Waals surface area contributed by atoms with E-state index in [4.69, 9.17) is 24.4 Å². The highest BCUT2D eigenvalue weighted by atomic mass is 32.1. The molecule has 0 bridgehead atoms. The van der Waals surface area contributed by atoms with Gasteiger partial charge in [0.1, 0.15) is 0 Å². The van der Waals surface area contributed by atoms with Crippen LogP contribution >= 0.6 is 24.4 Å². The Morgan fingerprint density at radius 2 is 0.893 bits per heavy atom. The van der Waals surface area contributed by atoms with E-state index < -0.39 is 0 Å². The lowest BCUT2D eigenvalue weighted by Gasteiger charge is -2.14. The second-order valence-electron chi connectivity index (χ2n) is 6.37. The largest absolute Gasteiger partial charge is 0.332 e. The molecular formula is C22H22N4S2. The standard InChI is InChI=1S/C22H22N4S2/c1-15-7-3-5-9-19(15)25-21(27)23-17-11-13-18(14-12-17)24-22(28)26-20-10-6-4-8-16(20)2/h3-14H,1-2H3,(H2,23,25,27)(H2,24,26,28). The van der Waals surface area contributed by atoms with Gasteiger partial charge in [-0.25, -0.2) is 0 Å². The number of hydrogen-bond donors (Lipinski definition) is 4. The Morgan fingerprint density at radius 1 is 0.536 bits per heavy atom. The van der Waals surface area contributed by atoms with Crippen LogP contribution in [0.25, 0.3) is 0 Å². The third-order valence-corrected chi connectivity index (χ3v) is 4.60. The first kappa shape index (κ1) is 19.8. The summed E-state index contributed by atoms with van der Waals surface area (Å²) in [5, 5.41) is 13.9. The van der Waals surface area contributed by atoms with Crippen molar-refractivity contribution < 1.29 is 0 Å². The quantitative estimate of drug-likeness (QED) is 0.404. The molecule has 0 radical (unpaired) electrons. The highest BCUT2D eigenvalue weighted by Gasteiger charge is 2.03. The molecule has 28 heavy (non-hydrogen) atoms. The number of rotatable bonds is 4. The summed E-state index contributed by atoms with van der Waals surface area (Å²) in [6.07, 6.45) is 0. The fourth-order valence-electron chi connectivity index (χ4n) is 2.63. The molecule has 0 spiro atoms. The smallest absolute Gasteiger partial charge is 0.175 e. The average Bonchev–Trinajstić information content (AvgIpc) is 2.67. The summed E-state index contributed by atoms with van der Waals surface area (Å²) in [7, 11) is 0. The highest BCUT2D eigenvalue weighted by Crippen LogP contribution is 2.17. The lowest BCUT2D eigenvalue weighted by molar-refractivity contribution is 1.45. The Balaban J connectivity index is 1.54. The van der Waals surface area contributed by atoms with Crippen LogP contribution in [0.4, 0.5) is 22.7 Å². The lowest BCUT2D eigenvalue weighted by Crippen LogP contribution is -2.20. The summed E-state index contributed by atoms with van der Waals surface area (Å²) in [5.41, 5.74) is 6.06. The minimum atomic E-state index is 0.548. The molecule has 3 rings (SSSR count). The number of anilines is 4. The molecule has 0 heterocycles. The SMILES string of the molecule is Cc1ccccc1NC(=S)Nc1ccc(NC(=S)Nc2ccccc2C)cc1. The number of benzene rings is 3. The van der Waals surface area contributed by atoms with Crippen molar-refractivity contribution in [1.82, 2.24) is 0 Å². The molecule has 0 saturated carbocycles. The van der Waals surface area contributed by atoms with Gasteiger partial charge in [0, 0.05) is 22.7 Å². The predicted molar refractivity (Wildman–Crippen MR) is 128 cm³/mol. The second kappa shape index (κ2) is 9.30. The fraction of sp³-hybridized carbons (Fsp3) is 0.0909. The van der Waals surface area contributed by atoms with Crippen molar-refractivity contribution in [3.05, 3.63) is 83.9 Å². The van der Waals surface area contributed by atoms with E-state index in [1.54, 1.807) is 0 Å². The van der Waals surface area contributed by atoms with E-state index in [-0.39, 0.29) is 0 Å². The number of aryl methyl sites for hydroxylation is 2. The summed E-state index contributed by atoms with van der Waals surface area (Å²) >= 11 is 10.8. The molecule has 0 unspecified atom stereocenters. The Kier molecular flexibility index (Phi) is 6.57. The van der Waals surface area contributed by atoms with Gasteiger partial charge >= 0.3 is 0 Å². The molecule has 0 amide bonds. The molecule has 0 aliphatic rings. The minimum absolute atomic E-state index is 0.548. The van der Waals surface area contributed by atoms with Crippen molar-refractivity contribution >= 4 is 57.4 Å². The summed E-state index contributed by atoms with van der Waals surface area (Å²) in [6.45, 7) is 4.08. The zero-order valence-corrected chi connectivity index (χ0v) is 17.4. The topological polar surface area (TPSA) is 48.1 Å². The van der Waals surface area contributed by atoms with Crippen LogP contribution in [0.1, 0.15) is 11.1 Å². The van der Waals surface area contributed by atoms with Gasteiger partial charge in [0.15, 0.2) is 10.2 Å². The van der Waals surface area contributed by atoms with Crippen molar-refractivity contribution in [3.8, 4) is 0 Å². The second-order valence-corrected chi connectivity index (χ2v) is 7.18. The molecule has 0 atom stereocenters. The molecule has 4 N–H and O–H groups in total. The number of para-hydroxylation sites is 2. The molecule has 0 saturated heterocycles. The molecule has 0 aliphatic carbocycles. The molecule has 142 valence electrons. The normalized spacial score (nSPS) is 10.1. The molecule has 0 aromatic heterocycles. The zero-order chi connectivity index (χ0) is 19.9. The van der Waals surface area contributed by atoms with Crippen LogP contribution in [0, 0.1) is 13.8 Å². The number of nitrogens with one attached hydrogen (secondary N) is 4. The van der Waals surface area contributed by atoms with Crippen molar-refractivity contribution in [2.75, 3.05) is 21.3 Å². The van der Waals surface area contributed by atoms with E-state index in [1.165, 1.54) is 0 Å². The van der Waals surface area contributed by atoms with Crippen LogP contribution in [-0.4, -0.2) is 10.2 Å². The Bertz CT molecular complexity index is 903. The van der Waals surface area contributed by atoms with Gasteiger partial charge in [-0.15, -0.1) is 0 Å². The third-order valence-electron chi connectivity index (χ3n) is 4.19. The van der Waals surface area contributed by atoms with E-state index in [2.05, 4.69) is 21.3 Å². The van der Waals surface area contributed by atoms with Gasteiger partial charge in [-0.3, -0.25) is 0 Å². The highest BCUT2D eigenvalue weighted by molar-refractivity contribution is 7.81. The van der Waals surface area contributed by atoms with Crippen LogP contribution in [0.3, 0.4) is 0 Å². The Labute approximate surface area is 176 Å². The molecule has 3 aromatic carbocycles. The van der Waals surface area contributed by atoms with Crippen LogP contribution in [-0.2, 0) is 0 Å². The van der Waals surface area contributed by atoms with Gasteiger partial charge in [-0.1, -0.05) is 36.4 Å². The van der Waals surface area contributed by atoms with E-state index >= 15 is 0 Å². The summed E-state index contributed by atoms with van der Waals surface area (Å²) in [4.78, 5) is 0. The summed E-state index contributed by atoms with van der Waals surface area (Å²) in [5.74, 6) is 0. The molecule has 3 aromatic rings. The van der Waals surface area contributed by atoms with Crippen molar-refractivity contribution in [3.63, 3.8) is 0 Å². The monoisotopic (exact) mass is 406 g/mol. The predicted octanol–water partition coefficient (Wildman–Crippen LogP) is 5.92. The van der Waals surface area contributed by atoms with Gasteiger partial charge in [0.2, 0.25) is 0 Å². The first-order chi connectivity index (χ1) is 13.5. The molecule has 0 fully saturated rings. The maximum Gasteiger partial charge on any atom is 0.175 e. The molecule has 0 aliphatic heterocycles. The van der Waals surface area contributed by atoms with Gasteiger partial charge < -0.3 is 21.3 Å². The Hall–Kier alpha value is -2.96. The maximum atomic E-state index is 5.40. The van der Waals surface area contributed by atoms with Crippen LogP contribution < -0.4 is 21.3 Å². The van der Waals surface area contributed by atoms with Gasteiger partial charge in [-0.05, 0) is 85.8 Å². The number of hydrogen-bond acceptors (Lipinski definition) is 2. The maximum absolute atomic E-state index is 5.40. The lowest BCUT2D eigenvalue weighted by atomic mass is 10.2. The van der Waals surface area contributed by atoms with Gasteiger partial charge in [-0.2, -0.15) is 0 Å². The van der Waals surface area contributed by atoms with Gasteiger partial charge in [0.25, 0.3) is 0 Å². The van der Waals surface area contributed by atoms with Gasteiger partial charge in [0.05, 0.1) is 0 Å². The van der Waals surface area contributed by atoms with E-state index in [0.717, 1.165) is 33.9 Å². The molecular weight excluding hydrogens is 384 g/mol. The van der Waals surface area contributed by atoms with Crippen molar-refractivity contribution in [2.24, 2.45) is 0 Å². The third kappa shape index (κ3) is 5.52. The molecule has 4 nitrogen and oxygen atoms in total. The fourth-order valence-corrected chi connectivity index (χ4v) is 3.09. The van der Waals surface area contributed by atoms with E-state index in [1.807, 2.05) is 86.6 Å². The first-order valence-corrected chi connectivity index (χ1v) is 9.70. The summed E-state index contributed by atoms with van der Waals surface area (Å²) in [6, 6.07) is 23.8. The van der Waals surface area contributed by atoms with Crippen LogP contribution in [0.2, 0.25) is 0 Å². The Morgan fingerprint density at radius 3 is 1.25 bits per heavy atom. The van der Waals surface area contributed by atoms with Crippen molar-refractivity contribution in [1.29, 1.82) is 0 Å². The minimum Gasteiger partial charge on any atom is -0.332 e. The summed E-state index contributed by atoms with van der Waals surface area (Å²) < 4.78 is 0. The zero-order valence-electron chi connectivity index (χ0n) is 15.7. The van der Waals surface area contributed by atoms with Crippen LogP contribution in [0.5, 0.6) is 0 Å². The van der Waals surface area contributed by atoms with E-state index in [9.17, 15) is 0 Å². The first-order valence-electron chi connectivity index (χ1n) is 8.88. The van der Waals surface area contributed by atoms with Crippen molar-refractivity contribution in [2.45, 2.75) is 13.8 Å². The van der Waals surface area contributed by atoms with Crippen LogP contribution in [0.15, 0.2) is 72.8 Å². The average molecular weight is 407 g/mol. The number of thiocarbonyl (C=S) groups is 2.